The van der Waals surface area contributed by atoms with Gasteiger partial charge in [0.1, 0.15) is 4.60 Å². The van der Waals surface area contributed by atoms with Gasteiger partial charge in [0.05, 0.1) is 22.2 Å². The number of aliphatic hydroxyl groups is 1. The Balaban J connectivity index is 1.58. The second-order valence-electron chi connectivity index (χ2n) is 8.43. The topological polar surface area (TPSA) is 115 Å². The predicted molar refractivity (Wildman–Crippen MR) is 124 cm³/mol. The number of pyridine rings is 1. The zero-order valence-corrected chi connectivity index (χ0v) is 18.8. The lowest BCUT2D eigenvalue weighted by Gasteiger charge is -2.16. The van der Waals surface area contributed by atoms with Gasteiger partial charge in [-0.2, -0.15) is 10.1 Å². The molecule has 1 fully saturated rings. The van der Waals surface area contributed by atoms with Gasteiger partial charge < -0.3 is 16.2 Å². The van der Waals surface area contributed by atoms with Crippen molar-refractivity contribution in [2.45, 2.75) is 44.2 Å². The third kappa shape index (κ3) is 3.88. The second-order valence-corrected chi connectivity index (χ2v) is 9.18. The molecule has 4 aromatic rings. The Labute approximate surface area is 188 Å². The van der Waals surface area contributed by atoms with Crippen molar-refractivity contribution in [1.29, 1.82) is 0 Å². The summed E-state index contributed by atoms with van der Waals surface area (Å²) in [6.07, 6.45) is 6.63. The minimum absolute atomic E-state index is 0.148. The van der Waals surface area contributed by atoms with Crippen LogP contribution in [0.3, 0.4) is 0 Å². The molecule has 5 rings (SSSR count). The Hall–Kier alpha value is -2.62. The zero-order chi connectivity index (χ0) is 21.6. The number of rotatable bonds is 5. The van der Waals surface area contributed by atoms with Gasteiger partial charge in [-0.15, -0.1) is 0 Å². The number of hydrogen-bond donors (Lipinski definition) is 3. The molecule has 4 N–H and O–H groups in total. The molecule has 1 aliphatic carbocycles. The molecule has 3 aromatic heterocycles. The van der Waals surface area contributed by atoms with Gasteiger partial charge in [-0.3, -0.25) is 4.98 Å². The summed E-state index contributed by atoms with van der Waals surface area (Å²) < 4.78 is 2.51. The van der Waals surface area contributed by atoms with Crippen LogP contribution in [-0.2, 0) is 6.42 Å². The lowest BCUT2D eigenvalue weighted by Crippen LogP contribution is -2.24. The summed E-state index contributed by atoms with van der Waals surface area (Å²) in [7, 11) is 0. The first-order valence-electron chi connectivity index (χ1n) is 10.4. The smallest absolute Gasteiger partial charge is 0.224 e. The molecule has 1 aliphatic rings. The molecular weight excluding hydrogens is 458 g/mol. The average molecular weight is 482 g/mol. The summed E-state index contributed by atoms with van der Waals surface area (Å²) in [5, 5.41) is 20.2. The molecule has 0 saturated heterocycles. The highest BCUT2D eigenvalue weighted by Gasteiger charge is 2.33. The number of hydrogen-bond acceptors (Lipinski definition) is 7. The molecule has 0 amide bonds. The van der Waals surface area contributed by atoms with Crippen molar-refractivity contribution in [3.05, 3.63) is 46.8 Å². The van der Waals surface area contributed by atoms with Crippen LogP contribution in [0.25, 0.3) is 27.6 Å². The van der Waals surface area contributed by atoms with Gasteiger partial charge in [0, 0.05) is 23.8 Å². The fourth-order valence-corrected chi connectivity index (χ4v) is 4.80. The number of nitrogens with two attached hydrogens (primary N) is 1. The summed E-state index contributed by atoms with van der Waals surface area (Å²) in [6.45, 7) is 2.42. The summed E-state index contributed by atoms with van der Waals surface area (Å²) in [5.74, 6) is 0.536. The Morgan fingerprint density at radius 3 is 3.00 bits per heavy atom. The minimum Gasteiger partial charge on any atom is -0.390 e. The van der Waals surface area contributed by atoms with E-state index in [2.05, 4.69) is 48.4 Å². The van der Waals surface area contributed by atoms with Crippen LogP contribution >= 0.6 is 15.9 Å². The molecule has 0 unspecified atom stereocenters. The normalized spacial score (nSPS) is 21.2. The summed E-state index contributed by atoms with van der Waals surface area (Å²) in [4.78, 5) is 13.8. The highest BCUT2D eigenvalue weighted by Crippen LogP contribution is 2.32. The standard InChI is InChI=1S/C22H24BrN7O/c1-22(31)6-4-15(11-22)27-21-26-12-17-19(23)29-30(20(17)28-21)16-9-13-3-2-8-25-18(13)14(10-16)5-7-24/h2-3,8-10,12,15,31H,4-7,11,24H2,1H3,(H,26,27,28)/t15-,22-/m1/s1. The Morgan fingerprint density at radius 2 is 2.23 bits per heavy atom. The quantitative estimate of drug-likeness (QED) is 0.400. The molecule has 2 atom stereocenters. The van der Waals surface area contributed by atoms with Crippen LogP contribution in [0.5, 0.6) is 0 Å². The van der Waals surface area contributed by atoms with Crippen molar-refractivity contribution in [3.8, 4) is 5.69 Å². The Kier molecular flexibility index (Phi) is 5.11. The van der Waals surface area contributed by atoms with Gasteiger partial charge in [-0.05, 0) is 78.8 Å². The van der Waals surface area contributed by atoms with Crippen molar-refractivity contribution >= 4 is 43.8 Å². The predicted octanol–water partition coefficient (Wildman–Crippen LogP) is 3.34. The fraction of sp³-hybridized carbons (Fsp3) is 0.364. The average Bonchev–Trinajstić information content (AvgIpc) is 3.26. The summed E-state index contributed by atoms with van der Waals surface area (Å²) >= 11 is 3.54. The van der Waals surface area contributed by atoms with Crippen molar-refractivity contribution in [2.24, 2.45) is 5.73 Å². The van der Waals surface area contributed by atoms with Crippen LogP contribution in [0.15, 0.2) is 41.3 Å². The van der Waals surface area contributed by atoms with Crippen molar-refractivity contribution < 1.29 is 5.11 Å². The number of fused-ring (bicyclic) bond motifs is 2. The summed E-state index contributed by atoms with van der Waals surface area (Å²) in [5.41, 5.74) is 8.85. The molecule has 160 valence electrons. The lowest BCUT2D eigenvalue weighted by atomic mass is 10.1. The summed E-state index contributed by atoms with van der Waals surface area (Å²) in [6, 6.07) is 8.25. The second kappa shape index (κ2) is 7.81. The van der Waals surface area contributed by atoms with Gasteiger partial charge in [-0.1, -0.05) is 6.07 Å². The SMILES string of the molecule is C[C@@]1(O)CC[C@@H](Nc2ncc3c(Br)nn(-c4cc(CCN)c5ncccc5c4)c3n2)C1. The van der Waals surface area contributed by atoms with Crippen molar-refractivity contribution in [3.63, 3.8) is 0 Å². The molecular formula is C22H24BrN7O. The van der Waals surface area contributed by atoms with E-state index in [-0.39, 0.29) is 6.04 Å². The number of halogens is 1. The molecule has 1 aromatic carbocycles. The van der Waals surface area contributed by atoms with E-state index in [0.717, 1.165) is 46.8 Å². The molecule has 1 saturated carbocycles. The van der Waals surface area contributed by atoms with E-state index in [1.807, 2.05) is 23.7 Å². The van der Waals surface area contributed by atoms with Gasteiger partial charge in [0.2, 0.25) is 5.95 Å². The third-order valence-corrected chi connectivity index (χ3v) is 6.44. The van der Waals surface area contributed by atoms with Crippen LogP contribution in [-0.4, -0.2) is 48.0 Å². The van der Waals surface area contributed by atoms with Crippen LogP contribution in [0.4, 0.5) is 5.95 Å². The first-order chi connectivity index (χ1) is 14.9. The Morgan fingerprint density at radius 1 is 1.35 bits per heavy atom. The van der Waals surface area contributed by atoms with E-state index in [1.165, 1.54) is 0 Å². The van der Waals surface area contributed by atoms with Crippen molar-refractivity contribution in [2.75, 3.05) is 11.9 Å². The van der Waals surface area contributed by atoms with Gasteiger partial charge in [0.15, 0.2) is 5.65 Å². The van der Waals surface area contributed by atoms with Crippen LogP contribution in [0, 0.1) is 0 Å². The molecule has 31 heavy (non-hydrogen) atoms. The van der Waals surface area contributed by atoms with Crippen molar-refractivity contribution in [1.82, 2.24) is 24.7 Å². The highest BCUT2D eigenvalue weighted by molar-refractivity contribution is 9.10. The van der Waals surface area contributed by atoms with E-state index in [4.69, 9.17) is 10.7 Å². The van der Waals surface area contributed by atoms with E-state index >= 15 is 0 Å². The van der Waals surface area contributed by atoms with Gasteiger partial charge in [0.25, 0.3) is 0 Å². The zero-order valence-electron chi connectivity index (χ0n) is 17.2. The molecule has 0 spiro atoms. The maximum atomic E-state index is 10.3. The largest absolute Gasteiger partial charge is 0.390 e. The van der Waals surface area contributed by atoms with Gasteiger partial charge >= 0.3 is 0 Å². The van der Waals surface area contributed by atoms with E-state index in [9.17, 15) is 5.11 Å². The number of nitrogens with zero attached hydrogens (tertiary/aromatic N) is 5. The molecule has 0 radical (unpaired) electrons. The first kappa shape index (κ1) is 20.3. The lowest BCUT2D eigenvalue weighted by molar-refractivity contribution is 0.0673. The first-order valence-corrected chi connectivity index (χ1v) is 11.2. The fourth-order valence-electron chi connectivity index (χ4n) is 4.36. The van der Waals surface area contributed by atoms with Crippen LogP contribution < -0.4 is 11.1 Å². The number of anilines is 1. The molecule has 9 heteroatoms. The maximum absolute atomic E-state index is 10.3. The molecule has 0 aliphatic heterocycles. The highest BCUT2D eigenvalue weighted by atomic mass is 79.9. The Bertz CT molecular complexity index is 1270. The maximum Gasteiger partial charge on any atom is 0.224 e. The monoisotopic (exact) mass is 481 g/mol. The van der Waals surface area contributed by atoms with E-state index < -0.39 is 5.60 Å². The molecule has 3 heterocycles. The third-order valence-electron chi connectivity index (χ3n) is 5.86. The van der Waals surface area contributed by atoms with E-state index in [1.54, 1.807) is 12.4 Å². The van der Waals surface area contributed by atoms with Gasteiger partial charge in [-0.25, -0.2) is 9.67 Å². The molecule has 0 bridgehead atoms. The number of benzene rings is 1. The van der Waals surface area contributed by atoms with E-state index in [0.29, 0.717) is 29.2 Å². The number of nitrogens with one attached hydrogen (secondary N) is 1. The van der Waals surface area contributed by atoms with Crippen LogP contribution in [0.1, 0.15) is 31.7 Å². The van der Waals surface area contributed by atoms with Crippen LogP contribution in [0.2, 0.25) is 0 Å². The minimum atomic E-state index is -0.634. The number of aromatic nitrogens is 5. The molecule has 8 nitrogen and oxygen atoms in total.